The first-order chi connectivity index (χ1) is 11.8. The molecule has 2 aromatic carbocycles. The molecule has 1 aromatic heterocycles. The van der Waals surface area contributed by atoms with Gasteiger partial charge in [0, 0.05) is 11.8 Å². The van der Waals surface area contributed by atoms with Crippen LogP contribution in [-0.4, -0.2) is 15.6 Å². The zero-order valence-corrected chi connectivity index (χ0v) is 12.4. The third-order valence-corrected chi connectivity index (χ3v) is 3.74. The first-order valence-electron chi connectivity index (χ1n) is 6.98. The Morgan fingerprint density at radius 2 is 1.56 bits per heavy atom. The monoisotopic (exact) mass is 351 g/mol. The number of aromatic carboxylic acids is 1. The van der Waals surface area contributed by atoms with Crippen LogP contribution in [0.3, 0.4) is 0 Å². The molecule has 0 saturated carbocycles. The summed E-state index contributed by atoms with van der Waals surface area (Å²) in [5.41, 5.74) is -3.11. The van der Waals surface area contributed by atoms with Gasteiger partial charge in [0.05, 0.1) is 17.4 Å². The van der Waals surface area contributed by atoms with Gasteiger partial charge in [-0.2, -0.15) is 0 Å². The average molecular weight is 351 g/mol. The Morgan fingerprint density at radius 1 is 0.960 bits per heavy atom. The molecule has 0 atom stereocenters. The molecule has 0 fully saturated rings. The molecule has 0 saturated heterocycles. The minimum absolute atomic E-state index is 0.479. The molecule has 0 amide bonds. The van der Waals surface area contributed by atoms with E-state index in [0.29, 0.717) is 6.07 Å². The van der Waals surface area contributed by atoms with Crippen LogP contribution in [0.15, 0.2) is 41.3 Å². The summed E-state index contributed by atoms with van der Waals surface area (Å²) in [5.74, 6) is -5.71. The fourth-order valence-electron chi connectivity index (χ4n) is 2.58. The van der Waals surface area contributed by atoms with Crippen molar-refractivity contribution in [2.24, 2.45) is 0 Å². The highest BCUT2D eigenvalue weighted by Crippen LogP contribution is 2.22. The number of carboxylic acids is 1. The maximum Gasteiger partial charge on any atom is 0.341 e. The molecule has 0 radical (unpaired) electrons. The number of rotatable bonds is 3. The van der Waals surface area contributed by atoms with Gasteiger partial charge in [-0.05, 0) is 24.3 Å². The number of nitrogens with zero attached hydrogens (tertiary/aromatic N) is 1. The second-order valence-corrected chi connectivity index (χ2v) is 5.26. The van der Waals surface area contributed by atoms with Crippen molar-refractivity contribution in [1.29, 1.82) is 0 Å². The molecule has 3 rings (SSSR count). The second-order valence-electron chi connectivity index (χ2n) is 5.26. The van der Waals surface area contributed by atoms with Crippen molar-refractivity contribution in [1.82, 2.24) is 4.57 Å². The van der Waals surface area contributed by atoms with Crippen LogP contribution in [0.5, 0.6) is 0 Å². The molecule has 0 spiro atoms. The number of fused-ring (bicyclic) bond motifs is 1. The van der Waals surface area contributed by atoms with Crippen molar-refractivity contribution in [2.75, 3.05) is 0 Å². The molecular weight excluding hydrogens is 342 g/mol. The summed E-state index contributed by atoms with van der Waals surface area (Å²) < 4.78 is 56.7. The Morgan fingerprint density at radius 3 is 2.16 bits per heavy atom. The Labute approximate surface area is 137 Å². The second kappa shape index (κ2) is 6.04. The quantitative estimate of drug-likeness (QED) is 0.737. The van der Waals surface area contributed by atoms with E-state index in [-0.39, 0.29) is 0 Å². The van der Waals surface area contributed by atoms with Crippen LogP contribution in [0.4, 0.5) is 17.6 Å². The standard InChI is InChI=1S/C17H9F4NO3/c18-10-2-1-3-11(19)8(10)6-22-7-9(17(24)25)16(23)14-12(20)4-5-13(21)15(14)22/h1-5,7H,6H2,(H,24,25). The lowest BCUT2D eigenvalue weighted by Gasteiger charge is -2.14. The molecule has 0 aliphatic rings. The van der Waals surface area contributed by atoms with E-state index in [4.69, 9.17) is 5.11 Å². The maximum atomic E-state index is 14.2. The van der Waals surface area contributed by atoms with E-state index in [1.807, 2.05) is 0 Å². The van der Waals surface area contributed by atoms with Crippen molar-refractivity contribution in [3.8, 4) is 0 Å². The number of carboxylic acid groups (broad SMARTS) is 1. The highest BCUT2D eigenvalue weighted by molar-refractivity contribution is 5.92. The Bertz CT molecular complexity index is 1060. The predicted octanol–water partition coefficient (Wildman–Crippen LogP) is 3.30. The lowest BCUT2D eigenvalue weighted by Crippen LogP contribution is -2.21. The van der Waals surface area contributed by atoms with Crippen molar-refractivity contribution in [2.45, 2.75) is 6.54 Å². The van der Waals surface area contributed by atoms with E-state index in [0.717, 1.165) is 35.0 Å². The molecule has 4 nitrogen and oxygen atoms in total. The predicted molar refractivity (Wildman–Crippen MR) is 80.5 cm³/mol. The van der Waals surface area contributed by atoms with Crippen molar-refractivity contribution >= 4 is 16.9 Å². The first kappa shape index (κ1) is 16.7. The van der Waals surface area contributed by atoms with Crippen LogP contribution in [0.25, 0.3) is 10.9 Å². The highest BCUT2D eigenvalue weighted by Gasteiger charge is 2.21. The molecule has 25 heavy (non-hydrogen) atoms. The molecule has 128 valence electrons. The first-order valence-corrected chi connectivity index (χ1v) is 6.98. The lowest BCUT2D eigenvalue weighted by atomic mass is 10.1. The van der Waals surface area contributed by atoms with Gasteiger partial charge in [-0.3, -0.25) is 4.79 Å². The van der Waals surface area contributed by atoms with Gasteiger partial charge in [0.25, 0.3) is 0 Å². The maximum absolute atomic E-state index is 14.2. The molecule has 3 aromatic rings. The van der Waals surface area contributed by atoms with E-state index in [9.17, 15) is 27.2 Å². The van der Waals surface area contributed by atoms with Gasteiger partial charge in [-0.1, -0.05) is 6.07 Å². The summed E-state index contributed by atoms with van der Waals surface area (Å²) in [5, 5.41) is 8.31. The molecule has 0 aliphatic carbocycles. The summed E-state index contributed by atoms with van der Waals surface area (Å²) in [6.45, 7) is -0.629. The SMILES string of the molecule is O=C(O)c1cn(Cc2c(F)cccc2F)c2c(F)ccc(F)c2c1=O. The molecule has 0 bridgehead atoms. The lowest BCUT2D eigenvalue weighted by molar-refractivity contribution is 0.0695. The third kappa shape index (κ3) is 2.75. The number of aromatic nitrogens is 1. The van der Waals surface area contributed by atoms with Crippen LogP contribution in [0.1, 0.15) is 15.9 Å². The fourth-order valence-corrected chi connectivity index (χ4v) is 2.58. The zero-order valence-electron chi connectivity index (χ0n) is 12.4. The smallest absolute Gasteiger partial charge is 0.341 e. The normalized spacial score (nSPS) is 11.0. The van der Waals surface area contributed by atoms with Gasteiger partial charge in [0.15, 0.2) is 0 Å². The highest BCUT2D eigenvalue weighted by atomic mass is 19.1. The summed E-state index contributed by atoms with van der Waals surface area (Å²) in [6.07, 6.45) is 0.737. The van der Waals surface area contributed by atoms with Crippen LogP contribution in [0, 0.1) is 23.3 Å². The zero-order chi connectivity index (χ0) is 18.3. The van der Waals surface area contributed by atoms with E-state index in [1.165, 1.54) is 0 Å². The minimum Gasteiger partial charge on any atom is -0.477 e. The van der Waals surface area contributed by atoms with Gasteiger partial charge in [0.1, 0.15) is 28.8 Å². The van der Waals surface area contributed by atoms with Crippen molar-refractivity contribution in [3.63, 3.8) is 0 Å². The number of hydrogen-bond donors (Lipinski definition) is 1. The van der Waals surface area contributed by atoms with E-state index >= 15 is 0 Å². The summed E-state index contributed by atoms with van der Waals surface area (Å²) in [6, 6.07) is 4.49. The summed E-state index contributed by atoms with van der Waals surface area (Å²) in [7, 11) is 0. The molecular formula is C17H9F4NO3. The number of pyridine rings is 1. The van der Waals surface area contributed by atoms with Crippen LogP contribution in [0.2, 0.25) is 0 Å². The Hall–Kier alpha value is -3.16. The van der Waals surface area contributed by atoms with Gasteiger partial charge >= 0.3 is 5.97 Å². The minimum atomic E-state index is -1.67. The number of carbonyl (C=O) groups is 1. The largest absolute Gasteiger partial charge is 0.477 e. The number of halogens is 4. The molecule has 8 heteroatoms. The van der Waals surface area contributed by atoms with Crippen molar-refractivity contribution in [3.05, 3.63) is 81.1 Å². The van der Waals surface area contributed by atoms with E-state index < -0.39 is 63.2 Å². The molecule has 0 unspecified atom stereocenters. The van der Waals surface area contributed by atoms with E-state index in [1.54, 1.807) is 0 Å². The van der Waals surface area contributed by atoms with Gasteiger partial charge < -0.3 is 9.67 Å². The fraction of sp³-hybridized carbons (Fsp3) is 0.0588. The topological polar surface area (TPSA) is 59.3 Å². The molecule has 1 N–H and O–H groups in total. The molecule has 1 heterocycles. The van der Waals surface area contributed by atoms with E-state index in [2.05, 4.69) is 0 Å². The summed E-state index contributed by atoms with van der Waals surface area (Å²) >= 11 is 0. The Kier molecular flexibility index (Phi) is 4.03. The van der Waals surface area contributed by atoms with Gasteiger partial charge in [-0.25, -0.2) is 22.4 Å². The van der Waals surface area contributed by atoms with Crippen molar-refractivity contribution < 1.29 is 27.5 Å². The van der Waals surface area contributed by atoms with Crippen LogP contribution < -0.4 is 5.43 Å². The summed E-state index contributed by atoms with van der Waals surface area (Å²) in [4.78, 5) is 23.4. The molecule has 0 aliphatic heterocycles. The number of hydrogen-bond acceptors (Lipinski definition) is 2. The van der Waals surface area contributed by atoms with Crippen LogP contribution in [-0.2, 0) is 6.54 Å². The average Bonchev–Trinajstić information content (AvgIpc) is 2.55. The Balaban J connectivity index is 2.38. The number of benzene rings is 2. The third-order valence-electron chi connectivity index (χ3n) is 3.74. The van der Waals surface area contributed by atoms with Gasteiger partial charge in [-0.15, -0.1) is 0 Å². The van der Waals surface area contributed by atoms with Gasteiger partial charge in [0.2, 0.25) is 5.43 Å². The van der Waals surface area contributed by atoms with Crippen LogP contribution >= 0.6 is 0 Å².